The van der Waals surface area contributed by atoms with Crippen LogP contribution in [-0.4, -0.2) is 67.0 Å². The maximum atomic E-state index is 13.3. The molecule has 2 aromatic carbocycles. The molecular weight excluding hydrogens is 498 g/mol. The number of carbonyl (C=O) groups is 3. The van der Waals surface area contributed by atoms with Gasteiger partial charge in [0.25, 0.3) is 5.91 Å². The molecule has 39 heavy (non-hydrogen) atoms. The number of piperidine rings is 1. The molecule has 2 bridgehead atoms. The van der Waals surface area contributed by atoms with Gasteiger partial charge in [0.1, 0.15) is 5.75 Å². The van der Waals surface area contributed by atoms with Crippen molar-refractivity contribution in [2.75, 3.05) is 32.6 Å². The summed E-state index contributed by atoms with van der Waals surface area (Å²) in [4.78, 5) is 42.3. The second kappa shape index (κ2) is 10.7. The Bertz CT molecular complexity index is 1320. The first kappa shape index (κ1) is 26.7. The highest BCUT2D eigenvalue weighted by Crippen LogP contribution is 2.51. The van der Waals surface area contributed by atoms with Gasteiger partial charge in [-0.1, -0.05) is 12.1 Å². The average Bonchev–Trinajstić information content (AvgIpc) is 3.11. The van der Waals surface area contributed by atoms with E-state index < -0.39 is 11.9 Å². The van der Waals surface area contributed by atoms with Crippen molar-refractivity contribution in [3.05, 3.63) is 59.7 Å². The van der Waals surface area contributed by atoms with Crippen LogP contribution in [0.3, 0.4) is 0 Å². The molecule has 1 amide bonds. The fourth-order valence-electron chi connectivity index (χ4n) is 6.31. The first-order chi connectivity index (χ1) is 18.8. The van der Waals surface area contributed by atoms with Gasteiger partial charge in [-0.25, -0.2) is 9.59 Å². The molecule has 5 rings (SSSR count). The van der Waals surface area contributed by atoms with Crippen LogP contribution in [0.5, 0.6) is 17.2 Å². The molecule has 206 valence electrons. The average molecular weight is 534 g/mol. The highest BCUT2D eigenvalue weighted by molar-refractivity contribution is 6.03. The molecule has 0 saturated carbocycles. The predicted molar refractivity (Wildman–Crippen MR) is 146 cm³/mol. The Balaban J connectivity index is 1.52. The van der Waals surface area contributed by atoms with Gasteiger partial charge < -0.3 is 24.4 Å². The summed E-state index contributed by atoms with van der Waals surface area (Å²) in [6.45, 7) is 4.73. The minimum Gasteiger partial charge on any atom is -0.497 e. The standard InChI is InChI=1S/C30H35N3O6/c1-5-33(6-2)29(36)23-10-11-24(28-27(23)38-25(34)12-13-26(35)39-28)31-20-17-21-14-15-30(18-20,32(21)3)19-8-7-9-22(16-19)37-4/h7-13,16,20-21,31H,5-6,14-15,17-18H2,1-4H3/b13-12+. The molecule has 9 nitrogen and oxygen atoms in total. The number of benzene rings is 2. The predicted octanol–water partition coefficient (Wildman–Crippen LogP) is 4.12. The maximum Gasteiger partial charge on any atom is 0.336 e. The first-order valence-electron chi connectivity index (χ1n) is 13.5. The first-order valence-corrected chi connectivity index (χ1v) is 13.5. The molecule has 9 heteroatoms. The number of methoxy groups -OCH3 is 1. The Kier molecular flexibility index (Phi) is 7.36. The van der Waals surface area contributed by atoms with Crippen LogP contribution in [0.15, 0.2) is 48.6 Å². The lowest BCUT2D eigenvalue weighted by Gasteiger charge is -2.47. The van der Waals surface area contributed by atoms with Gasteiger partial charge >= 0.3 is 11.9 Å². The number of anilines is 1. The number of rotatable bonds is 7. The van der Waals surface area contributed by atoms with Crippen LogP contribution in [0.25, 0.3) is 0 Å². The van der Waals surface area contributed by atoms with Crippen LogP contribution in [0, 0.1) is 0 Å². The maximum absolute atomic E-state index is 13.3. The Hall–Kier alpha value is -3.85. The molecule has 1 N–H and O–H groups in total. The topological polar surface area (TPSA) is 97.4 Å². The fraction of sp³-hybridized carbons (Fsp3) is 0.433. The Morgan fingerprint density at radius 1 is 1.10 bits per heavy atom. The highest BCUT2D eigenvalue weighted by Gasteiger charge is 2.51. The van der Waals surface area contributed by atoms with E-state index in [1.807, 2.05) is 26.0 Å². The monoisotopic (exact) mass is 533 g/mol. The smallest absolute Gasteiger partial charge is 0.336 e. The molecule has 3 aliphatic rings. The summed E-state index contributed by atoms with van der Waals surface area (Å²) in [5.41, 5.74) is 1.72. The zero-order valence-electron chi connectivity index (χ0n) is 22.9. The normalized spacial score (nSPS) is 25.0. The number of carbonyl (C=O) groups excluding carboxylic acids is 3. The number of fused-ring (bicyclic) bond motifs is 3. The minimum absolute atomic E-state index is 0.0435. The second-order valence-corrected chi connectivity index (χ2v) is 10.3. The van der Waals surface area contributed by atoms with Gasteiger partial charge in [0.05, 0.1) is 18.4 Å². The summed E-state index contributed by atoms with van der Waals surface area (Å²) in [5.74, 6) is -0.918. The van der Waals surface area contributed by atoms with Gasteiger partial charge in [-0.15, -0.1) is 0 Å². The van der Waals surface area contributed by atoms with Gasteiger partial charge in [-0.05, 0) is 76.4 Å². The van der Waals surface area contributed by atoms with Gasteiger partial charge in [0, 0.05) is 42.9 Å². The Labute approximate surface area is 228 Å². The number of esters is 2. The van der Waals surface area contributed by atoms with Crippen molar-refractivity contribution in [1.29, 1.82) is 0 Å². The lowest BCUT2D eigenvalue weighted by Crippen LogP contribution is -2.51. The van der Waals surface area contributed by atoms with E-state index in [-0.39, 0.29) is 34.6 Å². The molecule has 2 saturated heterocycles. The number of hydrogen-bond acceptors (Lipinski definition) is 8. The van der Waals surface area contributed by atoms with Crippen molar-refractivity contribution in [2.24, 2.45) is 0 Å². The zero-order chi connectivity index (χ0) is 27.7. The lowest BCUT2D eigenvalue weighted by atomic mass is 9.79. The van der Waals surface area contributed by atoms with Crippen molar-refractivity contribution >= 4 is 23.5 Å². The largest absolute Gasteiger partial charge is 0.497 e. The van der Waals surface area contributed by atoms with E-state index in [1.54, 1.807) is 24.1 Å². The lowest BCUT2D eigenvalue weighted by molar-refractivity contribution is -0.133. The molecule has 2 aromatic rings. The number of amides is 1. The zero-order valence-corrected chi connectivity index (χ0v) is 22.9. The summed E-state index contributed by atoms with van der Waals surface area (Å²) in [6, 6.07) is 12.0. The van der Waals surface area contributed by atoms with Gasteiger partial charge in [0.15, 0.2) is 11.5 Å². The quantitative estimate of drug-likeness (QED) is 0.419. The van der Waals surface area contributed by atoms with E-state index in [0.717, 1.165) is 43.6 Å². The van der Waals surface area contributed by atoms with E-state index in [4.69, 9.17) is 14.2 Å². The summed E-state index contributed by atoms with van der Waals surface area (Å²) >= 11 is 0. The molecule has 3 heterocycles. The second-order valence-electron chi connectivity index (χ2n) is 10.3. The SMILES string of the molecule is CCN(CC)C(=O)c1ccc(NC2CC3CCC(c4cccc(OC)c4)(C2)N3C)c2c1OC(=O)/C=C/C(=O)O2. The third-order valence-electron chi connectivity index (χ3n) is 8.38. The number of nitrogens with zero attached hydrogens (tertiary/aromatic N) is 2. The summed E-state index contributed by atoms with van der Waals surface area (Å²) in [7, 11) is 3.86. The molecule has 3 aliphatic heterocycles. The summed E-state index contributed by atoms with van der Waals surface area (Å²) < 4.78 is 16.8. The van der Waals surface area contributed by atoms with Crippen molar-refractivity contribution in [2.45, 2.75) is 57.2 Å². The van der Waals surface area contributed by atoms with E-state index in [9.17, 15) is 14.4 Å². The molecule has 3 atom stereocenters. The van der Waals surface area contributed by atoms with Crippen molar-refractivity contribution in [1.82, 2.24) is 9.80 Å². The Morgan fingerprint density at radius 3 is 2.51 bits per heavy atom. The van der Waals surface area contributed by atoms with E-state index in [2.05, 4.69) is 29.4 Å². The number of nitrogens with one attached hydrogen (secondary N) is 1. The molecule has 0 radical (unpaired) electrons. The minimum atomic E-state index is -0.743. The van der Waals surface area contributed by atoms with Crippen LogP contribution < -0.4 is 19.5 Å². The van der Waals surface area contributed by atoms with E-state index >= 15 is 0 Å². The molecule has 2 fully saturated rings. The third-order valence-corrected chi connectivity index (χ3v) is 8.38. The van der Waals surface area contributed by atoms with Crippen LogP contribution >= 0.6 is 0 Å². The van der Waals surface area contributed by atoms with Gasteiger partial charge in [-0.2, -0.15) is 0 Å². The van der Waals surface area contributed by atoms with Crippen molar-refractivity contribution in [3.63, 3.8) is 0 Å². The van der Waals surface area contributed by atoms with Crippen LogP contribution in [0.2, 0.25) is 0 Å². The number of ether oxygens (including phenoxy) is 3. The fourth-order valence-corrected chi connectivity index (χ4v) is 6.31. The summed E-state index contributed by atoms with van der Waals surface area (Å²) in [5, 5.41) is 3.58. The number of hydrogen-bond donors (Lipinski definition) is 1. The molecule has 3 unspecified atom stereocenters. The van der Waals surface area contributed by atoms with Crippen LogP contribution in [-0.2, 0) is 15.1 Å². The van der Waals surface area contributed by atoms with Gasteiger partial charge in [-0.3, -0.25) is 9.69 Å². The van der Waals surface area contributed by atoms with Crippen molar-refractivity contribution in [3.8, 4) is 17.2 Å². The molecule has 0 spiro atoms. The molecule has 0 aromatic heterocycles. The van der Waals surface area contributed by atoms with Gasteiger partial charge in [0.2, 0.25) is 0 Å². The van der Waals surface area contributed by atoms with Crippen LogP contribution in [0.1, 0.15) is 55.5 Å². The molecule has 0 aliphatic carbocycles. The van der Waals surface area contributed by atoms with E-state index in [0.29, 0.717) is 24.8 Å². The highest BCUT2D eigenvalue weighted by atomic mass is 16.6. The van der Waals surface area contributed by atoms with Crippen molar-refractivity contribution < 1.29 is 28.6 Å². The summed E-state index contributed by atoms with van der Waals surface area (Å²) in [6.07, 6.45) is 5.83. The Morgan fingerprint density at radius 2 is 1.82 bits per heavy atom. The van der Waals surface area contributed by atoms with Crippen LogP contribution in [0.4, 0.5) is 5.69 Å². The van der Waals surface area contributed by atoms with E-state index in [1.165, 1.54) is 5.56 Å². The third kappa shape index (κ3) is 4.87. The molecular formula is C30H35N3O6.